The molecule has 0 unspecified atom stereocenters. The summed E-state index contributed by atoms with van der Waals surface area (Å²) < 4.78 is 0. The standard InChI is InChI=1S/C22H27N3O4/c1-13(2)15-9-6-8-14(3)18(15)12-24-22(29)25(5)20(26)16-10-7-11-17(21(27)28)19(16)23-4/h6-11,13,23H,12H2,1-5H3,(H,24,29)(H,27,28). The zero-order valence-electron chi connectivity index (χ0n) is 17.4. The highest BCUT2D eigenvalue weighted by Crippen LogP contribution is 2.24. The first kappa shape index (κ1) is 21.9. The quantitative estimate of drug-likeness (QED) is 0.688. The molecule has 0 saturated heterocycles. The van der Waals surface area contributed by atoms with E-state index in [-0.39, 0.29) is 16.8 Å². The molecule has 7 heteroatoms. The van der Waals surface area contributed by atoms with Crippen molar-refractivity contribution in [2.24, 2.45) is 0 Å². The fourth-order valence-corrected chi connectivity index (χ4v) is 3.24. The second-order valence-electron chi connectivity index (χ2n) is 7.10. The predicted molar refractivity (Wildman–Crippen MR) is 113 cm³/mol. The monoisotopic (exact) mass is 397 g/mol. The lowest BCUT2D eigenvalue weighted by atomic mass is 9.94. The van der Waals surface area contributed by atoms with Gasteiger partial charge in [-0.05, 0) is 41.7 Å². The maximum Gasteiger partial charge on any atom is 0.337 e. The second-order valence-corrected chi connectivity index (χ2v) is 7.10. The van der Waals surface area contributed by atoms with Gasteiger partial charge in [-0.25, -0.2) is 9.59 Å². The van der Waals surface area contributed by atoms with E-state index in [0.29, 0.717) is 12.5 Å². The van der Waals surface area contributed by atoms with Gasteiger partial charge in [0.05, 0.1) is 16.8 Å². The number of carboxylic acid groups (broad SMARTS) is 1. The number of benzene rings is 2. The molecule has 0 radical (unpaired) electrons. The van der Waals surface area contributed by atoms with E-state index in [2.05, 4.69) is 24.5 Å². The summed E-state index contributed by atoms with van der Waals surface area (Å²) in [6.45, 7) is 6.46. The zero-order valence-corrected chi connectivity index (χ0v) is 17.4. The SMILES string of the molecule is CNc1c(C(=O)O)cccc1C(=O)N(C)C(=O)NCc1c(C)cccc1C(C)C. The van der Waals surface area contributed by atoms with Gasteiger partial charge in [0.1, 0.15) is 0 Å². The number of rotatable bonds is 6. The van der Waals surface area contributed by atoms with Gasteiger partial charge < -0.3 is 15.7 Å². The van der Waals surface area contributed by atoms with Crippen LogP contribution >= 0.6 is 0 Å². The first-order valence-corrected chi connectivity index (χ1v) is 9.37. The maximum absolute atomic E-state index is 12.8. The van der Waals surface area contributed by atoms with Crippen molar-refractivity contribution >= 4 is 23.6 Å². The molecule has 154 valence electrons. The molecule has 3 N–H and O–H groups in total. The molecule has 0 saturated carbocycles. The van der Waals surface area contributed by atoms with Gasteiger partial charge in [0, 0.05) is 20.6 Å². The van der Waals surface area contributed by atoms with Crippen molar-refractivity contribution in [1.29, 1.82) is 0 Å². The molecule has 0 aliphatic rings. The van der Waals surface area contributed by atoms with Crippen LogP contribution in [0, 0.1) is 6.92 Å². The van der Waals surface area contributed by atoms with Crippen LogP contribution in [0.2, 0.25) is 0 Å². The van der Waals surface area contributed by atoms with Crippen LogP contribution in [0.25, 0.3) is 0 Å². The zero-order chi connectivity index (χ0) is 21.7. The number of urea groups is 1. The molecule has 2 rings (SSSR count). The van der Waals surface area contributed by atoms with Crippen molar-refractivity contribution in [3.8, 4) is 0 Å². The van der Waals surface area contributed by atoms with Crippen LogP contribution in [-0.4, -0.2) is 42.0 Å². The molecule has 2 aromatic carbocycles. The molecule has 0 spiro atoms. The third kappa shape index (κ3) is 4.74. The Morgan fingerprint density at radius 3 is 2.28 bits per heavy atom. The van der Waals surface area contributed by atoms with E-state index in [1.165, 1.54) is 32.3 Å². The summed E-state index contributed by atoms with van der Waals surface area (Å²) in [4.78, 5) is 37.8. The van der Waals surface area contributed by atoms with Crippen LogP contribution in [0.3, 0.4) is 0 Å². The van der Waals surface area contributed by atoms with Crippen LogP contribution in [0.4, 0.5) is 10.5 Å². The molecule has 2 aromatic rings. The van der Waals surface area contributed by atoms with E-state index in [4.69, 9.17) is 0 Å². The van der Waals surface area contributed by atoms with Gasteiger partial charge in [0.15, 0.2) is 0 Å². The largest absolute Gasteiger partial charge is 0.478 e. The Kier molecular flexibility index (Phi) is 6.98. The minimum atomic E-state index is -1.16. The highest BCUT2D eigenvalue weighted by Gasteiger charge is 2.24. The van der Waals surface area contributed by atoms with E-state index in [9.17, 15) is 19.5 Å². The Morgan fingerprint density at radius 1 is 1.07 bits per heavy atom. The highest BCUT2D eigenvalue weighted by molar-refractivity contribution is 6.10. The Labute approximate surface area is 170 Å². The molecule has 3 amide bonds. The molecule has 0 aromatic heterocycles. The minimum absolute atomic E-state index is 0.0337. The Bertz CT molecular complexity index is 938. The minimum Gasteiger partial charge on any atom is -0.478 e. The van der Waals surface area contributed by atoms with Crippen molar-refractivity contribution in [1.82, 2.24) is 10.2 Å². The number of hydrogen-bond donors (Lipinski definition) is 3. The van der Waals surface area contributed by atoms with Gasteiger partial charge in [-0.15, -0.1) is 0 Å². The Morgan fingerprint density at radius 2 is 1.69 bits per heavy atom. The predicted octanol–water partition coefficient (Wildman–Crippen LogP) is 3.84. The number of imide groups is 1. The van der Waals surface area contributed by atoms with E-state index in [1.807, 2.05) is 25.1 Å². The Hall–Kier alpha value is -3.35. The molecular formula is C22H27N3O4. The van der Waals surface area contributed by atoms with Crippen LogP contribution in [0.1, 0.15) is 57.2 Å². The molecule has 0 bridgehead atoms. The van der Waals surface area contributed by atoms with Crippen LogP contribution in [0.5, 0.6) is 0 Å². The van der Waals surface area contributed by atoms with Gasteiger partial charge in [-0.2, -0.15) is 0 Å². The number of anilines is 1. The maximum atomic E-state index is 12.8. The van der Waals surface area contributed by atoms with Crippen LogP contribution in [-0.2, 0) is 6.54 Å². The van der Waals surface area contributed by atoms with Crippen molar-refractivity contribution in [2.75, 3.05) is 19.4 Å². The lowest BCUT2D eigenvalue weighted by molar-refractivity contribution is 0.0698. The fraction of sp³-hybridized carbons (Fsp3) is 0.318. The van der Waals surface area contributed by atoms with Crippen molar-refractivity contribution in [3.63, 3.8) is 0 Å². The summed E-state index contributed by atoms with van der Waals surface area (Å²) in [7, 11) is 2.90. The van der Waals surface area contributed by atoms with Crippen LogP contribution in [0.15, 0.2) is 36.4 Å². The first-order valence-electron chi connectivity index (χ1n) is 9.37. The molecule has 0 atom stereocenters. The van der Waals surface area contributed by atoms with E-state index < -0.39 is 17.9 Å². The average Bonchev–Trinajstić information content (AvgIpc) is 2.70. The number of carbonyl (C=O) groups excluding carboxylic acids is 2. The summed E-state index contributed by atoms with van der Waals surface area (Å²) in [6, 6.07) is 9.81. The number of carboxylic acids is 1. The molecule has 7 nitrogen and oxygen atoms in total. The number of hydrogen-bond acceptors (Lipinski definition) is 4. The van der Waals surface area contributed by atoms with Crippen LogP contribution < -0.4 is 10.6 Å². The number of aromatic carboxylic acids is 1. The highest BCUT2D eigenvalue weighted by atomic mass is 16.4. The lowest BCUT2D eigenvalue weighted by Crippen LogP contribution is -2.41. The van der Waals surface area contributed by atoms with Crippen molar-refractivity contribution < 1.29 is 19.5 Å². The molecule has 0 fully saturated rings. The number of carbonyl (C=O) groups is 3. The molecule has 0 aliphatic carbocycles. The van der Waals surface area contributed by atoms with Gasteiger partial charge in [-0.3, -0.25) is 9.69 Å². The molecule has 0 aliphatic heterocycles. The summed E-state index contributed by atoms with van der Waals surface area (Å²) in [5, 5.41) is 14.8. The summed E-state index contributed by atoms with van der Waals surface area (Å²) >= 11 is 0. The second kappa shape index (κ2) is 9.23. The van der Waals surface area contributed by atoms with Crippen molar-refractivity contribution in [2.45, 2.75) is 33.2 Å². The Balaban J connectivity index is 2.21. The smallest absolute Gasteiger partial charge is 0.337 e. The van der Waals surface area contributed by atoms with E-state index in [0.717, 1.165) is 21.6 Å². The normalized spacial score (nSPS) is 10.6. The van der Waals surface area contributed by atoms with E-state index >= 15 is 0 Å². The third-order valence-corrected chi connectivity index (χ3v) is 4.87. The lowest BCUT2D eigenvalue weighted by Gasteiger charge is -2.20. The van der Waals surface area contributed by atoms with Crippen molar-refractivity contribution in [3.05, 3.63) is 64.2 Å². The molecule has 0 heterocycles. The number of para-hydroxylation sites is 1. The average molecular weight is 397 g/mol. The van der Waals surface area contributed by atoms with Gasteiger partial charge >= 0.3 is 12.0 Å². The summed E-state index contributed by atoms with van der Waals surface area (Å²) in [5.74, 6) is -1.45. The summed E-state index contributed by atoms with van der Waals surface area (Å²) in [6.07, 6.45) is 0. The number of aryl methyl sites for hydroxylation is 1. The van der Waals surface area contributed by atoms with Gasteiger partial charge in [0.2, 0.25) is 0 Å². The fourth-order valence-electron chi connectivity index (χ4n) is 3.24. The van der Waals surface area contributed by atoms with E-state index in [1.54, 1.807) is 0 Å². The number of nitrogens with zero attached hydrogens (tertiary/aromatic N) is 1. The van der Waals surface area contributed by atoms with Gasteiger partial charge in [-0.1, -0.05) is 38.1 Å². The topological polar surface area (TPSA) is 98.7 Å². The molecule has 29 heavy (non-hydrogen) atoms. The third-order valence-electron chi connectivity index (χ3n) is 4.87. The number of nitrogens with one attached hydrogen (secondary N) is 2. The summed E-state index contributed by atoms with van der Waals surface area (Å²) in [5.41, 5.74) is 3.49. The first-order chi connectivity index (χ1) is 13.7. The molecular weight excluding hydrogens is 370 g/mol. The van der Waals surface area contributed by atoms with Gasteiger partial charge in [0.25, 0.3) is 5.91 Å². The number of amides is 3.